The van der Waals surface area contributed by atoms with Crippen LogP contribution in [0.2, 0.25) is 0 Å². The highest BCUT2D eigenvalue weighted by molar-refractivity contribution is 5.71. The maximum absolute atomic E-state index is 12.8. The molecule has 0 rings (SSSR count). The fraction of sp³-hybridized carbons (Fsp3) is 0.638. The Morgan fingerprint density at radius 1 is 0.328 bits per heavy atom. The molecule has 6 heteroatoms. The van der Waals surface area contributed by atoms with Gasteiger partial charge in [-0.05, 0) is 109 Å². The topological polar surface area (TPSA) is 78.9 Å². The maximum Gasteiger partial charge on any atom is 0.306 e. The fourth-order valence-electron chi connectivity index (χ4n) is 6.68. The maximum atomic E-state index is 12.8. The van der Waals surface area contributed by atoms with Crippen molar-refractivity contribution >= 4 is 17.9 Å². The molecule has 0 N–H and O–H groups in total. The van der Waals surface area contributed by atoms with Crippen LogP contribution in [0.25, 0.3) is 0 Å². The van der Waals surface area contributed by atoms with E-state index in [2.05, 4.69) is 118 Å². The Kier molecular flexibility index (Phi) is 48.5. The zero-order chi connectivity index (χ0) is 46.5. The third-order valence-electron chi connectivity index (χ3n) is 10.5. The Morgan fingerprint density at radius 3 is 1.05 bits per heavy atom. The average molecular weight is 887 g/mol. The predicted octanol–water partition coefficient (Wildman–Crippen LogP) is 17.1. The first-order valence-electron chi connectivity index (χ1n) is 25.9. The van der Waals surface area contributed by atoms with Crippen molar-refractivity contribution in [2.45, 2.75) is 226 Å². The van der Waals surface area contributed by atoms with Gasteiger partial charge in [0, 0.05) is 19.3 Å². The first-order chi connectivity index (χ1) is 31.5. The van der Waals surface area contributed by atoms with Gasteiger partial charge in [0.15, 0.2) is 6.10 Å². The lowest BCUT2D eigenvalue weighted by Gasteiger charge is -2.18. The van der Waals surface area contributed by atoms with E-state index in [0.717, 1.165) is 116 Å². The minimum atomic E-state index is -0.820. The lowest BCUT2D eigenvalue weighted by atomic mass is 10.1. The number of carbonyl (C=O) groups is 3. The van der Waals surface area contributed by atoms with Gasteiger partial charge >= 0.3 is 17.9 Å². The van der Waals surface area contributed by atoms with Gasteiger partial charge in [-0.2, -0.15) is 0 Å². The van der Waals surface area contributed by atoms with Gasteiger partial charge in [0.2, 0.25) is 0 Å². The first kappa shape index (κ1) is 60.1. The summed E-state index contributed by atoms with van der Waals surface area (Å²) < 4.78 is 16.7. The molecule has 0 heterocycles. The van der Waals surface area contributed by atoms with Crippen LogP contribution in [0.3, 0.4) is 0 Å². The van der Waals surface area contributed by atoms with Gasteiger partial charge in [-0.3, -0.25) is 14.4 Å². The minimum absolute atomic E-state index is 0.113. The van der Waals surface area contributed by atoms with Crippen molar-refractivity contribution < 1.29 is 28.6 Å². The summed E-state index contributed by atoms with van der Waals surface area (Å²) in [7, 11) is 0. The molecule has 6 nitrogen and oxygen atoms in total. The van der Waals surface area contributed by atoms with Crippen molar-refractivity contribution in [1.82, 2.24) is 0 Å². The predicted molar refractivity (Wildman–Crippen MR) is 274 cm³/mol. The molecule has 1 atom stereocenters. The van der Waals surface area contributed by atoms with E-state index in [9.17, 15) is 14.4 Å². The molecule has 0 aliphatic heterocycles. The van der Waals surface area contributed by atoms with Crippen LogP contribution in [0.5, 0.6) is 0 Å². The van der Waals surface area contributed by atoms with Gasteiger partial charge in [-0.1, -0.05) is 201 Å². The molecule has 0 aromatic rings. The first-order valence-corrected chi connectivity index (χ1v) is 25.9. The summed E-state index contributed by atoms with van der Waals surface area (Å²) in [6.45, 7) is 6.29. The van der Waals surface area contributed by atoms with E-state index in [1.165, 1.54) is 57.8 Å². The Hall–Kier alpha value is -3.93. The number of allylic oxidation sites excluding steroid dienone is 18. The van der Waals surface area contributed by atoms with Gasteiger partial charge in [0.1, 0.15) is 13.2 Å². The number of rotatable bonds is 45. The van der Waals surface area contributed by atoms with Crippen molar-refractivity contribution in [1.29, 1.82) is 0 Å². The second-order valence-corrected chi connectivity index (χ2v) is 16.7. The number of unbranched alkanes of at least 4 members (excludes halogenated alkanes) is 16. The SMILES string of the molecule is CC/C=C\C/C=C\C/C=C\C/C=C\CCC(=O)OCC(COC(=O)CCCCCCCCC/C=C\C/C=C\CCCCCC)OC(=O)CCCCCCC/C=C\C/C=C\C/C=C\CC. The molecule has 0 amide bonds. The molecule has 1 unspecified atom stereocenters. The van der Waals surface area contributed by atoms with Gasteiger partial charge in [-0.25, -0.2) is 0 Å². The molecular formula is C58H94O6. The van der Waals surface area contributed by atoms with Crippen LogP contribution in [0.4, 0.5) is 0 Å². The van der Waals surface area contributed by atoms with E-state index in [1.54, 1.807) is 0 Å². The van der Waals surface area contributed by atoms with Crippen molar-refractivity contribution in [2.75, 3.05) is 13.2 Å². The molecule has 0 fully saturated rings. The summed E-state index contributed by atoms with van der Waals surface area (Å²) in [5, 5.41) is 0. The van der Waals surface area contributed by atoms with E-state index in [-0.39, 0.29) is 44.0 Å². The molecule has 0 aliphatic carbocycles. The summed E-state index contributed by atoms with van der Waals surface area (Å²) in [5.74, 6) is -1.03. The highest BCUT2D eigenvalue weighted by Gasteiger charge is 2.19. The summed E-state index contributed by atoms with van der Waals surface area (Å²) in [6, 6.07) is 0. The molecule has 0 aliphatic rings. The van der Waals surface area contributed by atoms with Crippen LogP contribution in [-0.4, -0.2) is 37.2 Å². The van der Waals surface area contributed by atoms with Crippen molar-refractivity contribution in [3.05, 3.63) is 109 Å². The zero-order valence-corrected chi connectivity index (χ0v) is 41.3. The molecule has 0 aromatic heterocycles. The van der Waals surface area contributed by atoms with Gasteiger partial charge < -0.3 is 14.2 Å². The summed E-state index contributed by atoms with van der Waals surface area (Å²) in [4.78, 5) is 38.0. The monoisotopic (exact) mass is 887 g/mol. The van der Waals surface area contributed by atoms with Gasteiger partial charge in [0.05, 0.1) is 0 Å². The molecular weight excluding hydrogens is 793 g/mol. The number of carbonyl (C=O) groups excluding carboxylic acids is 3. The molecule has 0 bridgehead atoms. The van der Waals surface area contributed by atoms with Crippen LogP contribution in [0.1, 0.15) is 220 Å². The summed E-state index contributed by atoms with van der Waals surface area (Å²) >= 11 is 0. The van der Waals surface area contributed by atoms with Crippen LogP contribution in [0, 0.1) is 0 Å². The second-order valence-electron chi connectivity index (χ2n) is 16.7. The highest BCUT2D eigenvalue weighted by Crippen LogP contribution is 2.13. The number of hydrogen-bond acceptors (Lipinski definition) is 6. The minimum Gasteiger partial charge on any atom is -0.462 e. The lowest BCUT2D eigenvalue weighted by molar-refractivity contribution is -0.166. The second kappa shape index (κ2) is 51.7. The standard InChI is InChI=1S/C58H94O6/c1-4-7-10-13-16-19-22-25-27-28-29-31-33-36-39-42-45-48-51-57(60)63-54-55(53-62-56(59)50-47-44-41-38-35-32-24-21-18-15-12-9-6-3)64-58(61)52-49-46-43-40-37-34-30-26-23-20-17-14-11-8-5-2/h8-9,11-12,17-22,26-28,30,32,35,41,44,55H,4-7,10,13-16,23-25,29,31,33-34,36-40,42-43,45-54H2,1-3H3/b11-8-,12-9-,20-17-,21-18-,22-19-,28-27-,30-26-,35-32-,44-41-. The average Bonchev–Trinajstić information content (AvgIpc) is 3.29. The molecule has 0 radical (unpaired) electrons. The van der Waals surface area contributed by atoms with Gasteiger partial charge in [-0.15, -0.1) is 0 Å². The van der Waals surface area contributed by atoms with E-state index in [0.29, 0.717) is 12.8 Å². The van der Waals surface area contributed by atoms with Gasteiger partial charge in [0.25, 0.3) is 0 Å². The molecule has 0 aromatic carbocycles. The highest BCUT2D eigenvalue weighted by atomic mass is 16.6. The number of esters is 3. The zero-order valence-electron chi connectivity index (χ0n) is 41.3. The van der Waals surface area contributed by atoms with Crippen molar-refractivity contribution in [2.24, 2.45) is 0 Å². The van der Waals surface area contributed by atoms with Crippen LogP contribution in [-0.2, 0) is 28.6 Å². The van der Waals surface area contributed by atoms with E-state index < -0.39 is 6.10 Å². The summed E-state index contributed by atoms with van der Waals surface area (Å²) in [5.41, 5.74) is 0. The van der Waals surface area contributed by atoms with Crippen LogP contribution in [0.15, 0.2) is 109 Å². The molecule has 64 heavy (non-hydrogen) atoms. The van der Waals surface area contributed by atoms with Crippen molar-refractivity contribution in [3.63, 3.8) is 0 Å². The van der Waals surface area contributed by atoms with Crippen molar-refractivity contribution in [3.8, 4) is 0 Å². The van der Waals surface area contributed by atoms with E-state index in [1.807, 2.05) is 12.2 Å². The normalized spacial score (nSPS) is 13.0. The Labute approximate surface area is 393 Å². The van der Waals surface area contributed by atoms with E-state index in [4.69, 9.17) is 14.2 Å². The molecule has 0 saturated carbocycles. The smallest absolute Gasteiger partial charge is 0.306 e. The quantitative estimate of drug-likeness (QED) is 0.0262. The lowest BCUT2D eigenvalue weighted by Crippen LogP contribution is -2.30. The van der Waals surface area contributed by atoms with Crippen LogP contribution >= 0.6 is 0 Å². The third kappa shape index (κ3) is 49.1. The fourth-order valence-corrected chi connectivity index (χ4v) is 6.68. The Morgan fingerprint density at radius 2 is 0.641 bits per heavy atom. The third-order valence-corrected chi connectivity index (χ3v) is 10.5. The summed E-state index contributed by atoms with van der Waals surface area (Å²) in [6.07, 6.45) is 69.4. The molecule has 362 valence electrons. The Bertz CT molecular complexity index is 1340. The molecule has 0 spiro atoms. The number of ether oxygens (including phenoxy) is 3. The van der Waals surface area contributed by atoms with Crippen LogP contribution < -0.4 is 0 Å². The van der Waals surface area contributed by atoms with E-state index >= 15 is 0 Å². The largest absolute Gasteiger partial charge is 0.462 e. The Balaban J connectivity index is 4.50. The molecule has 0 saturated heterocycles. The number of hydrogen-bond donors (Lipinski definition) is 0.